The number of phenolic OH excluding ortho intramolecular Hbond substituents is 3. The molecule has 1 fully saturated rings. The molecule has 1 saturated heterocycles. The number of amides is 11. The lowest BCUT2D eigenvalue weighted by Crippen LogP contribution is -2.60. The maximum absolute atomic E-state index is 14.1. The van der Waals surface area contributed by atoms with Crippen LogP contribution in [0.15, 0.2) is 71.9 Å². The number of hydrogen-bond acceptors (Lipinski definition) is 35. The first-order valence-electron chi connectivity index (χ1n) is 39.8. The van der Waals surface area contributed by atoms with E-state index in [0.717, 1.165) is 6.21 Å². The Bertz CT molecular complexity index is 4830. The van der Waals surface area contributed by atoms with Crippen molar-refractivity contribution >= 4 is 157 Å². The van der Waals surface area contributed by atoms with Gasteiger partial charge >= 0.3 is 11.9 Å². The molecule has 0 aromatic heterocycles. The van der Waals surface area contributed by atoms with Gasteiger partial charge in [0.15, 0.2) is 30.4 Å². The van der Waals surface area contributed by atoms with Gasteiger partial charge in [-0.25, -0.2) is 0 Å². The molecule has 0 radical (unpaired) electrons. The van der Waals surface area contributed by atoms with Crippen molar-refractivity contribution in [3.63, 3.8) is 0 Å². The predicted molar refractivity (Wildman–Crippen MR) is 465 cm³/mol. The van der Waals surface area contributed by atoms with E-state index in [-0.39, 0.29) is 116 Å². The summed E-state index contributed by atoms with van der Waals surface area (Å²) in [5.41, 5.74) is 6.98. The minimum Gasteiger partial charge on any atom is -0.507 e. The molecule has 11 amide bonds. The molecule has 50 heteroatoms. The standard InChI is InChI=1S/C79H103N17O29S4/c1-36-64(106)44(24-59(124-36)125-53-26-79(120,54(99)29-97)25-41-61(53)68(110)63-62(66(41)108)65(107)39-10-6-12-52(121-2)60(39)67(63)109)87-35-88-69(111)40-20-38(13-14-51(40)98)27-89-123-30-56(101)83-16-18-122-19-17-84-72(114)48(32-127)94-73(115)45(21-37-8-4-3-5-9-37)93-77(119)50(34-129)95-74(116)46(22-57(102)103)90-55(100)28-86-71(113)43(11-7-15-85-78(81)82)91-76(118)49(33-128)96-75(117)47(23-58(104)105)92-70(112)42(80)31-126/h3-6,8-10,12-14,20,27,36,42-50,53,59,64,87,97-98,106,108,110,120,126-129H,7,11,15-19,21-26,28-35,80H2,1-2H3,(H,83,101)(H,84,114)(H,86,113)(H,88,111)(H,90,100)(H,91,118)(H,92,112)(H,93,119)(H,94,115)(H,95,116)(H,96,117)(H,102,103)(H,104,105)(H4,81,82,85)/b89-27+/t36-,42-,43+,44-,45+,46+,47+,48?,49-,50?,53+,59-,64+,79+/m1/s1. The van der Waals surface area contributed by atoms with Crippen LogP contribution in [0.25, 0.3) is 0 Å². The number of aliphatic hydroxyl groups excluding tert-OH is 2. The average Bonchev–Trinajstić information content (AvgIpc) is 0.708. The molecule has 1 aliphatic heterocycles. The first kappa shape index (κ1) is 104. The van der Waals surface area contributed by atoms with Crippen molar-refractivity contribution in [2.24, 2.45) is 16.6 Å². The minimum absolute atomic E-state index is 0.00242. The SMILES string of the molecule is COc1cccc2c1C(=O)c1c(O)c3c(c(O)c1C2=O)C[C@@](O)(C(=O)CO)C[C@@H]3O[C@@H]1C[C@@H](NCNC(=O)c2cc(/C=N/OCC(=O)NCCOCCNC(=O)C(CS)NC(=O)[C@H](Cc3ccccc3)NC(=O)C(CS)NC(=O)[C@H](CC(=O)O)NC(=O)CNC(=O)[C@H](CCCNC(=N)N)NC(=O)[C@@H](CS)NC(=O)[C@H](CC(=O)O)NC(=O)[C@H](N)CS)ccc2O)[C@@H](O)[C@@H](C)O1. The molecule has 0 saturated carbocycles. The Hall–Kier alpha value is -12.0. The fourth-order valence-corrected chi connectivity index (χ4v) is 14.5. The zero-order valence-corrected chi connectivity index (χ0v) is 72.9. The molecule has 26 N–H and O–H groups in total. The number of guanidine groups is 1. The fraction of sp³-hybridized carbons (Fsp3) is 0.468. The number of nitrogens with zero attached hydrogens (tertiary/aromatic N) is 1. The topological polar surface area (TPSA) is 726 Å². The number of aliphatic carboxylic acids is 2. The number of Topliss-reactive ketones (excluding diaryl/α,β-unsaturated/α-hetero) is 1. The summed E-state index contributed by atoms with van der Waals surface area (Å²) in [5.74, 6) is -20.5. The summed E-state index contributed by atoms with van der Waals surface area (Å²) in [7, 11) is 1.27. The van der Waals surface area contributed by atoms with Gasteiger partial charge in [-0.3, -0.25) is 87.4 Å². The number of methoxy groups -OCH3 is 1. The average molecular weight is 1880 g/mol. The molecule has 702 valence electrons. The van der Waals surface area contributed by atoms with Crippen LogP contribution in [-0.2, 0) is 94.2 Å². The number of oxime groups is 1. The molecule has 14 atom stereocenters. The molecule has 0 bridgehead atoms. The van der Waals surface area contributed by atoms with Crippen LogP contribution in [0.5, 0.6) is 23.0 Å². The monoisotopic (exact) mass is 1880 g/mol. The highest BCUT2D eigenvalue weighted by atomic mass is 32.1. The molecule has 129 heavy (non-hydrogen) atoms. The highest BCUT2D eigenvalue weighted by Crippen LogP contribution is 2.53. The van der Waals surface area contributed by atoms with Gasteiger partial charge in [-0.1, -0.05) is 47.6 Å². The molecule has 46 nitrogen and oxygen atoms in total. The Labute approximate surface area is 757 Å². The summed E-state index contributed by atoms with van der Waals surface area (Å²) in [6.07, 6.45) is -7.98. The maximum Gasteiger partial charge on any atom is 0.305 e. The van der Waals surface area contributed by atoms with Crippen molar-refractivity contribution in [3.8, 4) is 23.0 Å². The summed E-state index contributed by atoms with van der Waals surface area (Å²) in [4.78, 5) is 217. The summed E-state index contributed by atoms with van der Waals surface area (Å²) in [5, 5.41) is 129. The number of nitrogens with two attached hydrogens (primary N) is 2. The van der Waals surface area contributed by atoms with E-state index in [9.17, 15) is 118 Å². The number of phenols is 3. The number of carbonyl (C=O) groups excluding carboxylic acids is 14. The molecule has 4 aromatic carbocycles. The Morgan fingerprint density at radius 2 is 1.22 bits per heavy atom. The van der Waals surface area contributed by atoms with Crippen LogP contribution in [0.2, 0.25) is 0 Å². The minimum atomic E-state index is -2.44. The number of ketones is 3. The van der Waals surface area contributed by atoms with Crippen molar-refractivity contribution in [1.29, 1.82) is 5.41 Å². The van der Waals surface area contributed by atoms with E-state index in [0.29, 0.717) is 5.56 Å². The smallest absolute Gasteiger partial charge is 0.305 e. The lowest BCUT2D eigenvalue weighted by molar-refractivity contribution is -0.249. The van der Waals surface area contributed by atoms with Gasteiger partial charge in [-0.2, -0.15) is 50.5 Å². The van der Waals surface area contributed by atoms with Gasteiger partial charge in [0.2, 0.25) is 58.9 Å². The Kier molecular flexibility index (Phi) is 40.4. The van der Waals surface area contributed by atoms with Gasteiger partial charge in [0.1, 0.15) is 77.5 Å². The number of fused-ring (bicyclic) bond motifs is 3. The van der Waals surface area contributed by atoms with Crippen LogP contribution in [0.1, 0.15) is 116 Å². The quantitative estimate of drug-likeness (QED) is 0.00327. The van der Waals surface area contributed by atoms with E-state index in [1.807, 2.05) is 0 Å². The molecule has 2 aliphatic carbocycles. The van der Waals surface area contributed by atoms with Gasteiger partial charge < -0.3 is 140 Å². The Morgan fingerprint density at radius 3 is 1.83 bits per heavy atom. The number of thiol groups is 4. The number of aromatic hydroxyl groups is 3. The van der Waals surface area contributed by atoms with Gasteiger partial charge in [-0.15, -0.1) is 0 Å². The number of carboxylic acid groups (broad SMARTS) is 2. The van der Waals surface area contributed by atoms with Crippen molar-refractivity contribution in [3.05, 3.63) is 117 Å². The number of carbonyl (C=O) groups is 16. The summed E-state index contributed by atoms with van der Waals surface area (Å²) < 4.78 is 23.1. The zero-order valence-electron chi connectivity index (χ0n) is 69.3. The first-order valence-corrected chi connectivity index (χ1v) is 42.3. The van der Waals surface area contributed by atoms with Crippen molar-refractivity contribution in [1.82, 2.24) is 69.1 Å². The van der Waals surface area contributed by atoms with Gasteiger partial charge in [0.25, 0.3) is 11.8 Å². The summed E-state index contributed by atoms with van der Waals surface area (Å²) >= 11 is 16.4. The van der Waals surface area contributed by atoms with Crippen LogP contribution >= 0.6 is 50.5 Å². The number of aliphatic hydroxyl groups is 3. The number of ether oxygens (including phenoxy) is 4. The van der Waals surface area contributed by atoms with Gasteiger partial charge in [-0.05, 0) is 55.2 Å². The van der Waals surface area contributed by atoms with E-state index < -0.39 is 270 Å². The van der Waals surface area contributed by atoms with Crippen LogP contribution in [0.3, 0.4) is 0 Å². The van der Waals surface area contributed by atoms with E-state index >= 15 is 0 Å². The second-order valence-electron chi connectivity index (χ2n) is 29.4. The fourth-order valence-electron chi connectivity index (χ4n) is 13.5. The first-order chi connectivity index (χ1) is 61.3. The van der Waals surface area contributed by atoms with E-state index in [1.54, 1.807) is 30.3 Å². The van der Waals surface area contributed by atoms with Crippen molar-refractivity contribution in [2.45, 2.75) is 143 Å². The largest absolute Gasteiger partial charge is 0.507 e. The second-order valence-corrected chi connectivity index (χ2v) is 30.9. The van der Waals surface area contributed by atoms with Crippen LogP contribution in [0.4, 0.5) is 0 Å². The van der Waals surface area contributed by atoms with Gasteiger partial charge in [0, 0.05) is 91.1 Å². The number of carboxylic acids is 2. The zero-order chi connectivity index (χ0) is 95.1. The van der Waals surface area contributed by atoms with Crippen LogP contribution in [-0.4, -0.2) is 315 Å². The maximum atomic E-state index is 14.1. The third-order valence-electron chi connectivity index (χ3n) is 20.2. The van der Waals surface area contributed by atoms with Crippen LogP contribution in [0, 0.1) is 5.41 Å². The summed E-state index contributed by atoms with van der Waals surface area (Å²) in [6, 6.07) is 2.90. The third kappa shape index (κ3) is 29.5. The molecule has 1 heterocycles. The molecule has 3 aliphatic rings. The second kappa shape index (κ2) is 50.1. The number of hydrogen-bond donors (Lipinski definition) is 28. The molecular formula is C79H103N17O29S4. The molecule has 2 unspecified atom stereocenters. The normalized spacial score (nSPS) is 18.6. The van der Waals surface area contributed by atoms with E-state index in [2.05, 4.69) is 125 Å². The van der Waals surface area contributed by atoms with Crippen molar-refractivity contribution in [2.75, 3.05) is 89.4 Å². The van der Waals surface area contributed by atoms with E-state index in [1.165, 1.54) is 50.4 Å². The van der Waals surface area contributed by atoms with Crippen LogP contribution < -0.4 is 85.3 Å². The van der Waals surface area contributed by atoms with Gasteiger partial charge in [0.05, 0.1) is 99.2 Å². The summed E-state index contributed by atoms with van der Waals surface area (Å²) in [6.45, 7) is -1.88. The molecule has 4 aromatic rings. The highest BCUT2D eigenvalue weighted by molar-refractivity contribution is 7.80. The van der Waals surface area contributed by atoms with Crippen molar-refractivity contribution < 1.29 is 141 Å². The Balaban J connectivity index is 0.842. The number of benzene rings is 4. The lowest BCUT2D eigenvalue weighted by atomic mass is 9.72. The van der Waals surface area contributed by atoms with E-state index in [4.69, 9.17) is 40.7 Å². The number of rotatable bonds is 50. The molecule has 0 spiro atoms. The number of nitrogens with one attached hydrogen (secondary N) is 14. The molecule has 7 rings (SSSR count). The third-order valence-corrected chi connectivity index (χ3v) is 21.7. The predicted octanol–water partition coefficient (Wildman–Crippen LogP) is -6.66. The molecular weight excluding hydrogens is 1780 g/mol. The lowest BCUT2D eigenvalue weighted by Gasteiger charge is -2.43. The Morgan fingerprint density at radius 1 is 0.651 bits per heavy atom. The highest BCUT2D eigenvalue weighted by Gasteiger charge is 2.51.